The van der Waals surface area contributed by atoms with Crippen LogP contribution >= 0.6 is 11.6 Å². The van der Waals surface area contributed by atoms with Crippen LogP contribution in [0.25, 0.3) is 0 Å². The van der Waals surface area contributed by atoms with Crippen LogP contribution < -0.4 is 5.32 Å². The van der Waals surface area contributed by atoms with Gasteiger partial charge in [-0.1, -0.05) is 23.7 Å². The topological polar surface area (TPSA) is 32.3 Å². The second kappa shape index (κ2) is 5.72. The van der Waals surface area contributed by atoms with Gasteiger partial charge in [0, 0.05) is 24.2 Å². The largest absolute Gasteiger partial charge is 0.342 e. The average Bonchev–Trinajstić information content (AvgIpc) is 3.18. The molecule has 0 spiro atoms. The normalized spacial score (nSPS) is 16.4. The predicted molar refractivity (Wildman–Crippen MR) is 73.7 cm³/mol. The molecule has 1 saturated carbocycles. The number of likely N-dealkylation sites (N-methyl/N-ethyl adjacent to an activating group) is 1. The Bertz CT molecular complexity index is 432. The van der Waals surface area contributed by atoms with Crippen LogP contribution in [-0.2, 0) is 4.79 Å². The summed E-state index contributed by atoms with van der Waals surface area (Å²) in [5, 5.41) is 3.96. The lowest BCUT2D eigenvalue weighted by atomic mass is 10.1. The average molecular weight is 267 g/mol. The molecule has 0 unspecified atom stereocenters. The van der Waals surface area contributed by atoms with E-state index in [-0.39, 0.29) is 11.9 Å². The molecule has 1 N–H and O–H groups in total. The Labute approximate surface area is 113 Å². The molecule has 1 amide bonds. The van der Waals surface area contributed by atoms with Crippen LogP contribution in [0, 0.1) is 0 Å². The molecule has 0 bridgehead atoms. The van der Waals surface area contributed by atoms with E-state index in [1.807, 2.05) is 43.1 Å². The number of amides is 1. The predicted octanol–water partition coefficient (Wildman–Crippen LogP) is 2.61. The molecule has 1 aromatic rings. The van der Waals surface area contributed by atoms with E-state index in [9.17, 15) is 4.79 Å². The van der Waals surface area contributed by atoms with E-state index in [0.717, 1.165) is 23.4 Å². The van der Waals surface area contributed by atoms with E-state index in [0.29, 0.717) is 12.6 Å². The Hall–Kier alpha value is -1.06. The molecule has 1 aromatic carbocycles. The first-order chi connectivity index (χ1) is 8.58. The van der Waals surface area contributed by atoms with Gasteiger partial charge >= 0.3 is 0 Å². The Kier molecular flexibility index (Phi) is 4.25. The fourth-order valence-corrected chi connectivity index (χ4v) is 2.12. The molecule has 0 saturated heterocycles. The zero-order valence-corrected chi connectivity index (χ0v) is 11.6. The molecular weight excluding hydrogens is 248 g/mol. The SMILES string of the molecule is C[C@H](NCC(=O)N(C)C1CC1)c1cccc(Cl)c1. The van der Waals surface area contributed by atoms with E-state index in [1.165, 1.54) is 0 Å². The molecule has 0 radical (unpaired) electrons. The van der Waals surface area contributed by atoms with Crippen molar-refractivity contribution in [2.75, 3.05) is 13.6 Å². The van der Waals surface area contributed by atoms with E-state index in [2.05, 4.69) is 5.32 Å². The molecule has 4 heteroatoms. The molecule has 3 nitrogen and oxygen atoms in total. The molecule has 0 heterocycles. The molecule has 1 fully saturated rings. The maximum Gasteiger partial charge on any atom is 0.236 e. The number of rotatable bonds is 5. The van der Waals surface area contributed by atoms with Gasteiger partial charge in [0.05, 0.1) is 6.54 Å². The third-order valence-corrected chi connectivity index (χ3v) is 3.63. The molecule has 18 heavy (non-hydrogen) atoms. The molecule has 0 aliphatic heterocycles. The first kappa shape index (κ1) is 13.4. The van der Waals surface area contributed by atoms with Gasteiger partial charge < -0.3 is 10.2 Å². The van der Waals surface area contributed by atoms with Gasteiger partial charge in [-0.25, -0.2) is 0 Å². The van der Waals surface area contributed by atoms with Crippen LogP contribution in [0.3, 0.4) is 0 Å². The summed E-state index contributed by atoms with van der Waals surface area (Å²) in [4.78, 5) is 13.7. The summed E-state index contributed by atoms with van der Waals surface area (Å²) in [6.45, 7) is 2.41. The van der Waals surface area contributed by atoms with E-state index >= 15 is 0 Å². The highest BCUT2D eigenvalue weighted by atomic mass is 35.5. The van der Waals surface area contributed by atoms with Crippen LogP contribution in [0.5, 0.6) is 0 Å². The second-order valence-electron chi connectivity index (χ2n) is 4.89. The van der Waals surface area contributed by atoms with Gasteiger partial charge in [0.2, 0.25) is 5.91 Å². The molecule has 2 rings (SSSR count). The van der Waals surface area contributed by atoms with Gasteiger partial charge in [0.15, 0.2) is 0 Å². The number of carbonyl (C=O) groups excluding carboxylic acids is 1. The Balaban J connectivity index is 1.84. The lowest BCUT2D eigenvalue weighted by Crippen LogP contribution is -2.37. The highest BCUT2D eigenvalue weighted by molar-refractivity contribution is 6.30. The number of halogens is 1. The highest BCUT2D eigenvalue weighted by Crippen LogP contribution is 2.25. The zero-order chi connectivity index (χ0) is 13.1. The summed E-state index contributed by atoms with van der Waals surface area (Å²) in [6, 6.07) is 8.31. The first-order valence-electron chi connectivity index (χ1n) is 6.32. The Morgan fingerprint density at radius 2 is 2.28 bits per heavy atom. The van der Waals surface area contributed by atoms with Crippen molar-refractivity contribution in [3.63, 3.8) is 0 Å². The van der Waals surface area contributed by atoms with E-state index in [1.54, 1.807) is 0 Å². The highest BCUT2D eigenvalue weighted by Gasteiger charge is 2.29. The number of hydrogen-bond donors (Lipinski definition) is 1. The van der Waals surface area contributed by atoms with Crippen LogP contribution in [0.2, 0.25) is 5.02 Å². The van der Waals surface area contributed by atoms with Crippen molar-refractivity contribution in [3.05, 3.63) is 34.9 Å². The molecule has 98 valence electrons. The number of nitrogens with one attached hydrogen (secondary N) is 1. The maximum absolute atomic E-state index is 11.9. The molecule has 1 aliphatic rings. The number of hydrogen-bond acceptors (Lipinski definition) is 2. The fraction of sp³-hybridized carbons (Fsp3) is 0.500. The molecular formula is C14H19ClN2O. The van der Waals surface area contributed by atoms with Crippen molar-refractivity contribution in [1.29, 1.82) is 0 Å². The summed E-state index contributed by atoms with van der Waals surface area (Å²) in [6.07, 6.45) is 2.29. The van der Waals surface area contributed by atoms with Gasteiger partial charge in [-0.15, -0.1) is 0 Å². The summed E-state index contributed by atoms with van der Waals surface area (Å²) >= 11 is 5.95. The zero-order valence-electron chi connectivity index (χ0n) is 10.8. The Morgan fingerprint density at radius 3 is 2.89 bits per heavy atom. The van der Waals surface area contributed by atoms with Crippen molar-refractivity contribution in [1.82, 2.24) is 10.2 Å². The smallest absolute Gasteiger partial charge is 0.236 e. The quantitative estimate of drug-likeness (QED) is 0.889. The molecule has 0 aromatic heterocycles. The summed E-state index contributed by atoms with van der Waals surface area (Å²) in [5.74, 6) is 0.159. The Morgan fingerprint density at radius 1 is 1.56 bits per heavy atom. The first-order valence-corrected chi connectivity index (χ1v) is 6.70. The number of benzene rings is 1. The van der Waals surface area contributed by atoms with Gasteiger partial charge in [-0.3, -0.25) is 4.79 Å². The molecule has 1 aliphatic carbocycles. The second-order valence-corrected chi connectivity index (χ2v) is 5.33. The minimum absolute atomic E-state index is 0.125. The maximum atomic E-state index is 11.9. The van der Waals surface area contributed by atoms with Gasteiger partial charge in [0.1, 0.15) is 0 Å². The third kappa shape index (κ3) is 3.47. The third-order valence-electron chi connectivity index (χ3n) is 3.40. The summed E-state index contributed by atoms with van der Waals surface area (Å²) in [5.41, 5.74) is 1.10. The van der Waals surface area contributed by atoms with Crippen LogP contribution in [0.4, 0.5) is 0 Å². The van der Waals surface area contributed by atoms with Crippen LogP contribution in [0.1, 0.15) is 31.4 Å². The fourth-order valence-electron chi connectivity index (χ4n) is 1.92. The minimum atomic E-state index is 0.125. The van der Waals surface area contributed by atoms with Crippen molar-refractivity contribution < 1.29 is 4.79 Å². The van der Waals surface area contributed by atoms with Crippen molar-refractivity contribution in [2.24, 2.45) is 0 Å². The van der Waals surface area contributed by atoms with Gasteiger partial charge in [-0.05, 0) is 37.5 Å². The van der Waals surface area contributed by atoms with Gasteiger partial charge in [0.25, 0.3) is 0 Å². The van der Waals surface area contributed by atoms with Gasteiger partial charge in [-0.2, -0.15) is 0 Å². The summed E-state index contributed by atoms with van der Waals surface area (Å²) < 4.78 is 0. The molecule has 1 atom stereocenters. The van der Waals surface area contributed by atoms with Crippen LogP contribution in [-0.4, -0.2) is 30.4 Å². The van der Waals surface area contributed by atoms with Crippen LogP contribution in [0.15, 0.2) is 24.3 Å². The van der Waals surface area contributed by atoms with E-state index < -0.39 is 0 Å². The van der Waals surface area contributed by atoms with Crippen molar-refractivity contribution >= 4 is 17.5 Å². The van der Waals surface area contributed by atoms with E-state index in [4.69, 9.17) is 11.6 Å². The minimum Gasteiger partial charge on any atom is -0.342 e. The van der Waals surface area contributed by atoms with Crippen molar-refractivity contribution in [3.8, 4) is 0 Å². The lowest BCUT2D eigenvalue weighted by molar-refractivity contribution is -0.129. The monoisotopic (exact) mass is 266 g/mol. The summed E-state index contributed by atoms with van der Waals surface area (Å²) in [7, 11) is 1.88. The van der Waals surface area contributed by atoms with Crippen molar-refractivity contribution in [2.45, 2.75) is 31.8 Å². The lowest BCUT2D eigenvalue weighted by Gasteiger charge is -2.19. The number of nitrogens with zero attached hydrogens (tertiary/aromatic N) is 1. The number of carbonyl (C=O) groups is 1. The standard InChI is InChI=1S/C14H19ClN2O/c1-10(11-4-3-5-12(15)8-11)16-9-14(18)17(2)13-6-7-13/h3-5,8,10,13,16H,6-7,9H2,1-2H3/t10-/m0/s1.